The van der Waals surface area contributed by atoms with Gasteiger partial charge in [-0.1, -0.05) is 20.8 Å². The van der Waals surface area contributed by atoms with E-state index in [4.69, 9.17) is 0 Å². The SMILES string of the molecule is CC1(C)C2CCC1(C)C(NC1CCN3CCCC3C1)C2. The summed E-state index contributed by atoms with van der Waals surface area (Å²) in [4.78, 5) is 2.74. The van der Waals surface area contributed by atoms with Crippen LogP contribution < -0.4 is 5.32 Å². The molecule has 2 saturated heterocycles. The fraction of sp³-hybridized carbons (Fsp3) is 1.00. The van der Waals surface area contributed by atoms with E-state index >= 15 is 0 Å². The van der Waals surface area contributed by atoms with E-state index in [2.05, 4.69) is 31.0 Å². The Labute approximate surface area is 124 Å². The lowest BCUT2D eigenvalue weighted by Crippen LogP contribution is -2.53. The molecular formula is C18H32N2. The Morgan fingerprint density at radius 1 is 1.00 bits per heavy atom. The molecule has 1 N–H and O–H groups in total. The molecule has 5 unspecified atom stereocenters. The van der Waals surface area contributed by atoms with Gasteiger partial charge < -0.3 is 10.2 Å². The summed E-state index contributed by atoms with van der Waals surface area (Å²) in [5, 5.41) is 4.13. The molecule has 0 radical (unpaired) electrons. The van der Waals surface area contributed by atoms with E-state index < -0.39 is 0 Å². The smallest absolute Gasteiger partial charge is 0.0131 e. The number of piperidine rings is 1. The zero-order chi connectivity index (χ0) is 14.0. The molecule has 4 rings (SSSR count). The predicted octanol–water partition coefficient (Wildman–Crippen LogP) is 3.42. The lowest BCUT2D eigenvalue weighted by atomic mass is 9.69. The van der Waals surface area contributed by atoms with Crippen LogP contribution in [0.1, 0.15) is 65.7 Å². The summed E-state index contributed by atoms with van der Waals surface area (Å²) < 4.78 is 0. The summed E-state index contributed by atoms with van der Waals surface area (Å²) in [5.74, 6) is 0.969. The van der Waals surface area contributed by atoms with Crippen LogP contribution in [0.3, 0.4) is 0 Å². The topological polar surface area (TPSA) is 15.3 Å². The molecule has 0 spiro atoms. The molecule has 2 saturated carbocycles. The van der Waals surface area contributed by atoms with Crippen molar-refractivity contribution in [2.45, 2.75) is 83.8 Å². The minimum atomic E-state index is 0.546. The summed E-state index contributed by atoms with van der Waals surface area (Å²) in [6.45, 7) is 10.4. The van der Waals surface area contributed by atoms with Crippen LogP contribution in [0.5, 0.6) is 0 Å². The number of fused-ring (bicyclic) bond motifs is 3. The quantitative estimate of drug-likeness (QED) is 0.831. The second-order valence-electron chi connectivity index (χ2n) is 8.88. The Morgan fingerprint density at radius 3 is 2.55 bits per heavy atom. The summed E-state index contributed by atoms with van der Waals surface area (Å²) in [7, 11) is 0. The van der Waals surface area contributed by atoms with Crippen LogP contribution in [0.15, 0.2) is 0 Å². The van der Waals surface area contributed by atoms with Gasteiger partial charge in [-0.3, -0.25) is 0 Å². The van der Waals surface area contributed by atoms with E-state index in [1.165, 1.54) is 58.0 Å². The van der Waals surface area contributed by atoms with Crippen LogP contribution in [-0.4, -0.2) is 36.1 Å². The Balaban J connectivity index is 1.43. The van der Waals surface area contributed by atoms with E-state index in [0.29, 0.717) is 10.8 Å². The first kappa shape index (κ1) is 13.6. The minimum Gasteiger partial charge on any atom is -0.311 e. The van der Waals surface area contributed by atoms with Crippen molar-refractivity contribution in [3.63, 3.8) is 0 Å². The van der Waals surface area contributed by atoms with E-state index in [-0.39, 0.29) is 0 Å². The molecular weight excluding hydrogens is 244 g/mol. The van der Waals surface area contributed by atoms with Gasteiger partial charge >= 0.3 is 0 Å². The highest BCUT2D eigenvalue weighted by Gasteiger charge is 2.61. The van der Waals surface area contributed by atoms with Crippen molar-refractivity contribution in [2.24, 2.45) is 16.7 Å². The average molecular weight is 276 g/mol. The molecule has 2 aliphatic carbocycles. The van der Waals surface area contributed by atoms with E-state index in [0.717, 1.165) is 24.0 Å². The first-order valence-corrected chi connectivity index (χ1v) is 9.01. The molecule has 0 aromatic carbocycles. The fourth-order valence-electron chi connectivity index (χ4n) is 6.12. The molecule has 4 aliphatic rings. The van der Waals surface area contributed by atoms with Gasteiger partial charge in [-0.25, -0.2) is 0 Å². The molecule has 5 atom stereocenters. The molecule has 2 heteroatoms. The van der Waals surface area contributed by atoms with Crippen molar-refractivity contribution in [3.8, 4) is 0 Å². The zero-order valence-corrected chi connectivity index (χ0v) is 13.6. The Bertz CT molecular complexity index is 391. The number of nitrogens with zero attached hydrogens (tertiary/aromatic N) is 1. The first-order valence-electron chi connectivity index (χ1n) is 9.01. The second kappa shape index (κ2) is 4.46. The third kappa shape index (κ3) is 1.76. The van der Waals surface area contributed by atoms with Crippen LogP contribution in [-0.2, 0) is 0 Å². The van der Waals surface area contributed by atoms with Crippen molar-refractivity contribution < 1.29 is 0 Å². The van der Waals surface area contributed by atoms with Crippen LogP contribution in [0.25, 0.3) is 0 Å². The van der Waals surface area contributed by atoms with Crippen LogP contribution in [0.2, 0.25) is 0 Å². The molecule has 2 heterocycles. The second-order valence-corrected chi connectivity index (χ2v) is 8.88. The largest absolute Gasteiger partial charge is 0.311 e. The molecule has 4 fully saturated rings. The standard InChI is InChI=1S/C18H32N2/c1-17(2)13-6-8-18(17,3)16(11-13)19-14-7-10-20-9-4-5-15(20)12-14/h13-16,19H,4-12H2,1-3H3. The zero-order valence-electron chi connectivity index (χ0n) is 13.6. The van der Waals surface area contributed by atoms with Crippen molar-refractivity contribution in [2.75, 3.05) is 13.1 Å². The van der Waals surface area contributed by atoms with Crippen molar-refractivity contribution in [1.29, 1.82) is 0 Å². The third-order valence-corrected chi connectivity index (χ3v) is 8.05. The van der Waals surface area contributed by atoms with Crippen molar-refractivity contribution >= 4 is 0 Å². The van der Waals surface area contributed by atoms with Gasteiger partial charge in [0.1, 0.15) is 0 Å². The molecule has 0 aromatic heterocycles. The number of rotatable bonds is 2. The number of hydrogen-bond donors (Lipinski definition) is 1. The number of nitrogens with one attached hydrogen (secondary N) is 1. The Kier molecular flexibility index (Phi) is 3.03. The van der Waals surface area contributed by atoms with Gasteiger partial charge in [0.15, 0.2) is 0 Å². The van der Waals surface area contributed by atoms with Crippen molar-refractivity contribution in [3.05, 3.63) is 0 Å². The van der Waals surface area contributed by atoms with E-state index in [1.807, 2.05) is 0 Å². The predicted molar refractivity (Wildman–Crippen MR) is 83.8 cm³/mol. The monoisotopic (exact) mass is 276 g/mol. The van der Waals surface area contributed by atoms with Gasteiger partial charge in [0.2, 0.25) is 0 Å². The van der Waals surface area contributed by atoms with Gasteiger partial charge in [-0.2, -0.15) is 0 Å². The highest BCUT2D eigenvalue weighted by Crippen LogP contribution is 2.65. The normalized spacial score (nSPS) is 50.5. The highest BCUT2D eigenvalue weighted by molar-refractivity contribution is 5.13. The van der Waals surface area contributed by atoms with Crippen LogP contribution in [0.4, 0.5) is 0 Å². The fourth-order valence-corrected chi connectivity index (χ4v) is 6.12. The molecule has 2 aliphatic heterocycles. The van der Waals surface area contributed by atoms with Crippen molar-refractivity contribution in [1.82, 2.24) is 10.2 Å². The lowest BCUT2D eigenvalue weighted by molar-refractivity contribution is 0.0972. The first-order chi connectivity index (χ1) is 9.50. The van der Waals surface area contributed by atoms with Crippen LogP contribution >= 0.6 is 0 Å². The summed E-state index contributed by atoms with van der Waals surface area (Å²) in [6.07, 6.45) is 10.1. The number of hydrogen-bond acceptors (Lipinski definition) is 2. The molecule has 2 nitrogen and oxygen atoms in total. The highest BCUT2D eigenvalue weighted by atomic mass is 15.2. The van der Waals surface area contributed by atoms with Gasteiger partial charge in [-0.15, -0.1) is 0 Å². The average Bonchev–Trinajstić information content (AvgIpc) is 3.00. The Hall–Kier alpha value is -0.0800. The Morgan fingerprint density at radius 2 is 1.85 bits per heavy atom. The maximum absolute atomic E-state index is 4.13. The molecule has 2 bridgehead atoms. The maximum atomic E-state index is 4.13. The van der Waals surface area contributed by atoms with Gasteiger partial charge in [0, 0.05) is 18.1 Å². The summed E-state index contributed by atoms with van der Waals surface area (Å²) >= 11 is 0. The third-order valence-electron chi connectivity index (χ3n) is 8.05. The molecule has 114 valence electrons. The minimum absolute atomic E-state index is 0.546. The lowest BCUT2D eigenvalue weighted by Gasteiger charge is -2.43. The molecule has 20 heavy (non-hydrogen) atoms. The van der Waals surface area contributed by atoms with Gasteiger partial charge in [0.25, 0.3) is 0 Å². The molecule has 0 amide bonds. The van der Waals surface area contributed by atoms with E-state index in [1.54, 1.807) is 0 Å². The van der Waals surface area contributed by atoms with Gasteiger partial charge in [0.05, 0.1) is 0 Å². The summed E-state index contributed by atoms with van der Waals surface area (Å²) in [5.41, 5.74) is 1.10. The van der Waals surface area contributed by atoms with Gasteiger partial charge in [-0.05, 0) is 74.8 Å². The van der Waals surface area contributed by atoms with E-state index in [9.17, 15) is 0 Å². The summed E-state index contributed by atoms with van der Waals surface area (Å²) in [6, 6.07) is 2.49. The molecule has 0 aromatic rings. The van der Waals surface area contributed by atoms with Crippen LogP contribution in [0, 0.1) is 16.7 Å². The maximum Gasteiger partial charge on any atom is 0.0131 e.